The van der Waals surface area contributed by atoms with Crippen LogP contribution in [0.3, 0.4) is 0 Å². The predicted molar refractivity (Wildman–Crippen MR) is 97.7 cm³/mol. The molecule has 0 bridgehead atoms. The number of nitrogens with one attached hydrogen (secondary N) is 1. The fraction of sp³-hybridized carbons (Fsp3) is 0.111. The van der Waals surface area contributed by atoms with Gasteiger partial charge in [0.25, 0.3) is 0 Å². The Balaban J connectivity index is 1.82. The Morgan fingerprint density at radius 1 is 1.15 bits per heavy atom. The number of nitrogen functional groups attached to an aromatic ring is 1. The molecule has 26 heavy (non-hydrogen) atoms. The minimum absolute atomic E-state index is 0.345. The molecular weight excluding hydrogens is 333 g/mol. The number of hydrogen-bond donors (Lipinski definition) is 2. The van der Waals surface area contributed by atoms with Crippen LogP contribution in [0.1, 0.15) is 5.56 Å². The highest BCUT2D eigenvalue weighted by molar-refractivity contribution is 5.98. The van der Waals surface area contributed by atoms with Gasteiger partial charge in [0.15, 0.2) is 5.65 Å². The summed E-state index contributed by atoms with van der Waals surface area (Å²) >= 11 is 0. The van der Waals surface area contributed by atoms with Crippen molar-refractivity contribution < 1.29 is 4.39 Å². The van der Waals surface area contributed by atoms with Gasteiger partial charge in [-0.05, 0) is 23.8 Å². The van der Waals surface area contributed by atoms with Crippen LogP contribution in [0.15, 0.2) is 48.8 Å². The van der Waals surface area contributed by atoms with Crippen molar-refractivity contribution in [1.82, 2.24) is 24.7 Å². The van der Waals surface area contributed by atoms with E-state index < -0.39 is 0 Å². The van der Waals surface area contributed by atoms with E-state index in [2.05, 4.69) is 25.4 Å². The van der Waals surface area contributed by atoms with Gasteiger partial charge in [-0.25, -0.2) is 9.37 Å². The number of aromatic nitrogens is 5. The fourth-order valence-electron chi connectivity index (χ4n) is 2.73. The first-order valence-corrected chi connectivity index (χ1v) is 8.01. The normalized spacial score (nSPS) is 11.0. The number of rotatable bonds is 4. The highest BCUT2D eigenvalue weighted by atomic mass is 19.1. The summed E-state index contributed by atoms with van der Waals surface area (Å²) in [5, 5.41) is 7.98. The van der Waals surface area contributed by atoms with Gasteiger partial charge in [0.05, 0.1) is 11.1 Å². The number of halogens is 1. The lowest BCUT2D eigenvalue weighted by molar-refractivity contribution is 0.631. The van der Waals surface area contributed by atoms with Crippen molar-refractivity contribution >= 4 is 22.8 Å². The number of fused-ring (bicyclic) bond motifs is 1. The van der Waals surface area contributed by atoms with E-state index in [4.69, 9.17) is 5.73 Å². The number of anilines is 2. The molecule has 0 atom stereocenters. The van der Waals surface area contributed by atoms with Crippen molar-refractivity contribution in [3.63, 3.8) is 0 Å². The summed E-state index contributed by atoms with van der Waals surface area (Å²) in [4.78, 5) is 13.0. The Hall–Kier alpha value is -3.55. The molecule has 1 aromatic carbocycles. The quantitative estimate of drug-likeness (QED) is 0.588. The molecule has 0 saturated heterocycles. The summed E-state index contributed by atoms with van der Waals surface area (Å²) in [6.45, 7) is 0.484. The Bertz CT molecular complexity index is 1080. The van der Waals surface area contributed by atoms with Crippen molar-refractivity contribution in [2.45, 2.75) is 6.54 Å². The van der Waals surface area contributed by atoms with Gasteiger partial charge in [-0.2, -0.15) is 10.1 Å². The number of pyridine rings is 1. The maximum atomic E-state index is 14.4. The summed E-state index contributed by atoms with van der Waals surface area (Å²) in [7, 11) is 1.71. The Kier molecular flexibility index (Phi) is 3.92. The standard InChI is InChI=1S/C18H16FN7/c1-26-16(20)14-15(12-6-2-3-7-13(12)19)23-18(24-17(14)25-26)22-10-11-5-4-8-21-9-11/h2-9H,10,20H2,1H3,(H,22,24,25). The highest BCUT2D eigenvalue weighted by Gasteiger charge is 2.19. The van der Waals surface area contributed by atoms with E-state index in [1.54, 1.807) is 37.6 Å². The third-order valence-electron chi connectivity index (χ3n) is 4.04. The van der Waals surface area contributed by atoms with E-state index in [9.17, 15) is 4.39 Å². The van der Waals surface area contributed by atoms with Crippen molar-refractivity contribution in [1.29, 1.82) is 0 Å². The lowest BCUT2D eigenvalue weighted by Crippen LogP contribution is -2.05. The Labute approximate surface area is 148 Å². The molecule has 7 nitrogen and oxygen atoms in total. The third-order valence-corrected chi connectivity index (χ3v) is 4.04. The molecule has 3 aromatic heterocycles. The molecule has 0 amide bonds. The zero-order valence-corrected chi connectivity index (χ0v) is 14.0. The minimum atomic E-state index is -0.381. The highest BCUT2D eigenvalue weighted by Crippen LogP contribution is 2.32. The Morgan fingerprint density at radius 3 is 2.77 bits per heavy atom. The molecule has 130 valence electrons. The summed E-state index contributed by atoms with van der Waals surface area (Å²) in [6, 6.07) is 10.2. The number of nitrogens with two attached hydrogens (primary N) is 1. The first-order valence-electron chi connectivity index (χ1n) is 8.01. The maximum absolute atomic E-state index is 14.4. The van der Waals surface area contributed by atoms with Crippen molar-refractivity contribution in [2.24, 2.45) is 7.05 Å². The maximum Gasteiger partial charge on any atom is 0.225 e. The number of aryl methyl sites for hydroxylation is 1. The summed E-state index contributed by atoms with van der Waals surface area (Å²) in [5.41, 5.74) is 8.26. The van der Waals surface area contributed by atoms with Gasteiger partial charge in [-0.15, -0.1) is 0 Å². The molecule has 0 saturated carbocycles. The average Bonchev–Trinajstić information content (AvgIpc) is 2.95. The van der Waals surface area contributed by atoms with Gasteiger partial charge >= 0.3 is 0 Å². The van der Waals surface area contributed by atoms with Gasteiger partial charge in [0.2, 0.25) is 5.95 Å². The van der Waals surface area contributed by atoms with Crippen molar-refractivity contribution in [3.8, 4) is 11.3 Å². The van der Waals surface area contributed by atoms with Crippen LogP contribution >= 0.6 is 0 Å². The molecular formula is C18H16FN7. The van der Waals surface area contributed by atoms with Crippen LogP contribution in [-0.2, 0) is 13.6 Å². The molecule has 0 aliphatic heterocycles. The van der Waals surface area contributed by atoms with Crippen LogP contribution in [0.25, 0.3) is 22.3 Å². The zero-order chi connectivity index (χ0) is 18.1. The molecule has 8 heteroatoms. The lowest BCUT2D eigenvalue weighted by atomic mass is 10.1. The topological polar surface area (TPSA) is 94.5 Å². The SMILES string of the molecule is Cn1nc2nc(NCc3cccnc3)nc(-c3ccccc3F)c2c1N. The number of hydrogen-bond acceptors (Lipinski definition) is 6. The number of nitrogens with zero attached hydrogens (tertiary/aromatic N) is 5. The van der Waals surface area contributed by atoms with Crippen LogP contribution in [-0.4, -0.2) is 24.7 Å². The summed E-state index contributed by atoms with van der Waals surface area (Å²) < 4.78 is 15.9. The van der Waals surface area contributed by atoms with E-state index in [-0.39, 0.29) is 5.82 Å². The predicted octanol–water partition coefficient (Wildman–Crippen LogP) is 2.76. The molecule has 3 N–H and O–H groups in total. The lowest BCUT2D eigenvalue weighted by Gasteiger charge is -2.09. The van der Waals surface area contributed by atoms with Crippen molar-refractivity contribution in [2.75, 3.05) is 11.1 Å². The molecule has 4 rings (SSSR count). The van der Waals surface area contributed by atoms with Gasteiger partial charge in [0.1, 0.15) is 11.6 Å². The molecule has 0 aliphatic carbocycles. The van der Waals surface area contributed by atoms with E-state index >= 15 is 0 Å². The zero-order valence-electron chi connectivity index (χ0n) is 14.0. The summed E-state index contributed by atoms with van der Waals surface area (Å²) in [5.74, 6) is 0.351. The van der Waals surface area contributed by atoms with E-state index in [0.717, 1.165) is 5.56 Å². The third kappa shape index (κ3) is 2.81. The first-order chi connectivity index (χ1) is 12.6. The number of benzene rings is 1. The van der Waals surface area contributed by atoms with Gasteiger partial charge in [-0.3, -0.25) is 9.67 Å². The second kappa shape index (κ2) is 6.40. The van der Waals surface area contributed by atoms with Crippen LogP contribution in [0.2, 0.25) is 0 Å². The van der Waals surface area contributed by atoms with Gasteiger partial charge in [-0.1, -0.05) is 18.2 Å². The molecule has 3 heterocycles. The largest absolute Gasteiger partial charge is 0.383 e. The second-order valence-corrected chi connectivity index (χ2v) is 5.80. The molecule has 0 unspecified atom stereocenters. The van der Waals surface area contributed by atoms with Crippen LogP contribution in [0.5, 0.6) is 0 Å². The van der Waals surface area contributed by atoms with Gasteiger partial charge < -0.3 is 11.1 Å². The van der Waals surface area contributed by atoms with E-state index in [1.807, 2.05) is 12.1 Å². The first kappa shape index (κ1) is 15.9. The molecule has 0 radical (unpaired) electrons. The monoisotopic (exact) mass is 349 g/mol. The van der Waals surface area contributed by atoms with Crippen LogP contribution in [0.4, 0.5) is 16.2 Å². The summed E-state index contributed by atoms with van der Waals surface area (Å²) in [6.07, 6.45) is 3.46. The molecule has 0 fully saturated rings. The molecule has 0 aliphatic rings. The minimum Gasteiger partial charge on any atom is -0.383 e. The van der Waals surface area contributed by atoms with Gasteiger partial charge in [0, 0.05) is 31.5 Å². The molecule has 4 aromatic rings. The fourth-order valence-corrected chi connectivity index (χ4v) is 2.73. The van der Waals surface area contributed by atoms with E-state index in [1.165, 1.54) is 10.7 Å². The van der Waals surface area contributed by atoms with E-state index in [0.29, 0.717) is 40.6 Å². The molecule has 0 spiro atoms. The second-order valence-electron chi connectivity index (χ2n) is 5.80. The smallest absolute Gasteiger partial charge is 0.225 e. The Morgan fingerprint density at radius 2 is 2.00 bits per heavy atom. The van der Waals surface area contributed by atoms with Crippen LogP contribution < -0.4 is 11.1 Å². The van der Waals surface area contributed by atoms with Crippen LogP contribution in [0, 0.1) is 5.82 Å². The van der Waals surface area contributed by atoms with Crippen molar-refractivity contribution in [3.05, 3.63) is 60.2 Å². The average molecular weight is 349 g/mol.